The molecular formula is C10H10Cl4O2. The van der Waals surface area contributed by atoms with Crippen LogP contribution in [0.1, 0.15) is 11.1 Å². The Bertz CT molecular complexity index is 327. The SMILES string of the molecule is COCc1c(Cl)c(Cl)c(COC)c(Cl)c1Cl. The van der Waals surface area contributed by atoms with Crippen LogP contribution in [0.4, 0.5) is 0 Å². The Kier molecular flexibility index (Phi) is 5.65. The van der Waals surface area contributed by atoms with E-state index in [-0.39, 0.29) is 13.2 Å². The fourth-order valence-electron chi connectivity index (χ4n) is 1.26. The Morgan fingerprint density at radius 1 is 0.688 bits per heavy atom. The van der Waals surface area contributed by atoms with E-state index in [4.69, 9.17) is 55.9 Å². The minimum Gasteiger partial charge on any atom is -0.380 e. The summed E-state index contributed by atoms with van der Waals surface area (Å²) in [7, 11) is 3.08. The first-order valence-corrected chi connectivity index (χ1v) is 5.87. The third kappa shape index (κ3) is 2.76. The molecule has 0 spiro atoms. The number of rotatable bonds is 4. The smallest absolute Gasteiger partial charge is 0.0743 e. The third-order valence-electron chi connectivity index (χ3n) is 2.02. The predicted octanol–water partition coefficient (Wildman–Crippen LogP) is 4.59. The van der Waals surface area contributed by atoms with Gasteiger partial charge >= 0.3 is 0 Å². The molecule has 0 bridgehead atoms. The Balaban J connectivity index is 3.37. The van der Waals surface area contributed by atoms with Crippen molar-refractivity contribution < 1.29 is 9.47 Å². The van der Waals surface area contributed by atoms with E-state index in [9.17, 15) is 0 Å². The van der Waals surface area contributed by atoms with Crippen molar-refractivity contribution >= 4 is 46.4 Å². The summed E-state index contributed by atoms with van der Waals surface area (Å²) >= 11 is 24.3. The van der Waals surface area contributed by atoms with Crippen molar-refractivity contribution in [2.24, 2.45) is 0 Å². The summed E-state index contributed by atoms with van der Waals surface area (Å²) in [5, 5.41) is 1.41. The highest BCUT2D eigenvalue weighted by Crippen LogP contribution is 2.41. The van der Waals surface area contributed by atoms with Gasteiger partial charge in [0.15, 0.2) is 0 Å². The topological polar surface area (TPSA) is 18.5 Å². The molecule has 0 N–H and O–H groups in total. The van der Waals surface area contributed by atoms with E-state index >= 15 is 0 Å². The van der Waals surface area contributed by atoms with Crippen molar-refractivity contribution in [3.8, 4) is 0 Å². The predicted molar refractivity (Wildman–Crippen MR) is 67.9 cm³/mol. The maximum Gasteiger partial charge on any atom is 0.0743 e. The highest BCUT2D eigenvalue weighted by Gasteiger charge is 2.19. The normalized spacial score (nSPS) is 10.9. The summed E-state index contributed by atoms with van der Waals surface area (Å²) in [5.41, 5.74) is 1.17. The molecule has 0 aliphatic carbocycles. The van der Waals surface area contributed by atoms with Crippen molar-refractivity contribution in [2.45, 2.75) is 13.2 Å². The van der Waals surface area contributed by atoms with Crippen molar-refractivity contribution in [1.29, 1.82) is 0 Å². The monoisotopic (exact) mass is 302 g/mol. The zero-order chi connectivity index (χ0) is 12.3. The van der Waals surface area contributed by atoms with E-state index in [1.54, 1.807) is 0 Å². The lowest BCUT2D eigenvalue weighted by atomic mass is 10.1. The molecule has 1 aromatic rings. The standard InChI is InChI=1S/C10H10Cl4O2/c1-15-3-5-7(11)9(13)6(4-16-2)10(14)8(5)12/h3-4H2,1-2H3. The summed E-state index contributed by atoms with van der Waals surface area (Å²) in [6, 6.07) is 0. The minimum absolute atomic E-state index is 0.254. The number of ether oxygens (including phenoxy) is 2. The molecule has 1 aromatic carbocycles. The lowest BCUT2D eigenvalue weighted by molar-refractivity contribution is 0.182. The molecular weight excluding hydrogens is 294 g/mol. The first-order valence-electron chi connectivity index (χ1n) is 4.36. The molecule has 0 unspecified atom stereocenters. The molecule has 0 aromatic heterocycles. The van der Waals surface area contributed by atoms with Crippen molar-refractivity contribution in [2.75, 3.05) is 14.2 Å². The minimum atomic E-state index is 0.254. The lowest BCUT2D eigenvalue weighted by Gasteiger charge is -2.14. The van der Waals surface area contributed by atoms with Gasteiger partial charge < -0.3 is 9.47 Å². The zero-order valence-corrected chi connectivity index (χ0v) is 11.8. The van der Waals surface area contributed by atoms with Crippen molar-refractivity contribution in [3.63, 3.8) is 0 Å². The van der Waals surface area contributed by atoms with Crippen LogP contribution in [0.25, 0.3) is 0 Å². The summed E-state index contributed by atoms with van der Waals surface area (Å²) in [6.45, 7) is 0.509. The largest absolute Gasteiger partial charge is 0.380 e. The van der Waals surface area contributed by atoms with E-state index in [0.29, 0.717) is 31.2 Å². The van der Waals surface area contributed by atoms with E-state index in [2.05, 4.69) is 0 Å². The van der Waals surface area contributed by atoms with Crippen molar-refractivity contribution in [3.05, 3.63) is 31.2 Å². The van der Waals surface area contributed by atoms with Crippen LogP contribution in [0.15, 0.2) is 0 Å². The fraction of sp³-hybridized carbons (Fsp3) is 0.400. The number of hydrogen-bond donors (Lipinski definition) is 0. The Labute approximate surface area is 114 Å². The van der Waals surface area contributed by atoms with Crippen LogP contribution in [-0.4, -0.2) is 14.2 Å². The van der Waals surface area contributed by atoms with Crippen LogP contribution < -0.4 is 0 Å². The first-order chi connectivity index (χ1) is 7.54. The van der Waals surface area contributed by atoms with Gasteiger partial charge in [0.05, 0.1) is 33.3 Å². The average Bonchev–Trinajstić information content (AvgIpc) is 2.28. The second-order valence-corrected chi connectivity index (χ2v) is 4.59. The summed E-state index contributed by atoms with van der Waals surface area (Å²) < 4.78 is 9.96. The molecule has 6 heteroatoms. The molecule has 0 saturated carbocycles. The summed E-state index contributed by atoms with van der Waals surface area (Å²) in [6.07, 6.45) is 0. The van der Waals surface area contributed by atoms with Crippen LogP contribution in [0.3, 0.4) is 0 Å². The van der Waals surface area contributed by atoms with Gasteiger partial charge in [0.25, 0.3) is 0 Å². The number of hydrogen-bond acceptors (Lipinski definition) is 2. The van der Waals surface area contributed by atoms with Crippen LogP contribution in [0.5, 0.6) is 0 Å². The quantitative estimate of drug-likeness (QED) is 0.757. The highest BCUT2D eigenvalue weighted by atomic mass is 35.5. The summed E-state index contributed by atoms with van der Waals surface area (Å²) in [4.78, 5) is 0. The number of methoxy groups -OCH3 is 2. The maximum absolute atomic E-state index is 6.08. The van der Waals surface area contributed by atoms with Gasteiger partial charge in [0.2, 0.25) is 0 Å². The molecule has 0 radical (unpaired) electrons. The van der Waals surface area contributed by atoms with E-state index in [0.717, 1.165) is 0 Å². The Hall–Kier alpha value is 0.300. The molecule has 0 aliphatic heterocycles. The van der Waals surface area contributed by atoms with Crippen LogP contribution >= 0.6 is 46.4 Å². The molecule has 0 fully saturated rings. The van der Waals surface area contributed by atoms with Gasteiger partial charge in [0, 0.05) is 25.3 Å². The zero-order valence-electron chi connectivity index (χ0n) is 8.74. The molecule has 2 nitrogen and oxygen atoms in total. The first kappa shape index (κ1) is 14.4. The van der Waals surface area contributed by atoms with Gasteiger partial charge in [-0.1, -0.05) is 46.4 Å². The molecule has 0 aliphatic rings. The van der Waals surface area contributed by atoms with E-state index in [1.165, 1.54) is 14.2 Å². The molecule has 1 rings (SSSR count). The van der Waals surface area contributed by atoms with Gasteiger partial charge in [-0.25, -0.2) is 0 Å². The molecule has 16 heavy (non-hydrogen) atoms. The third-order valence-corrected chi connectivity index (χ3v) is 3.88. The Morgan fingerprint density at radius 3 is 1.12 bits per heavy atom. The van der Waals surface area contributed by atoms with E-state index < -0.39 is 0 Å². The number of halogens is 4. The van der Waals surface area contributed by atoms with Crippen LogP contribution in [0, 0.1) is 0 Å². The van der Waals surface area contributed by atoms with Gasteiger partial charge in [-0.2, -0.15) is 0 Å². The van der Waals surface area contributed by atoms with Gasteiger partial charge in [-0.15, -0.1) is 0 Å². The average molecular weight is 304 g/mol. The Morgan fingerprint density at radius 2 is 0.938 bits per heavy atom. The number of benzene rings is 1. The van der Waals surface area contributed by atoms with Crippen LogP contribution in [0.2, 0.25) is 20.1 Å². The summed E-state index contributed by atoms with van der Waals surface area (Å²) in [5.74, 6) is 0. The van der Waals surface area contributed by atoms with Gasteiger partial charge in [-0.3, -0.25) is 0 Å². The molecule has 0 saturated heterocycles. The molecule has 0 heterocycles. The molecule has 0 atom stereocenters. The van der Waals surface area contributed by atoms with Crippen molar-refractivity contribution in [1.82, 2.24) is 0 Å². The second-order valence-electron chi connectivity index (χ2n) is 3.08. The van der Waals surface area contributed by atoms with Gasteiger partial charge in [0.1, 0.15) is 0 Å². The van der Waals surface area contributed by atoms with Gasteiger partial charge in [-0.05, 0) is 0 Å². The maximum atomic E-state index is 6.08. The fourth-order valence-corrected chi connectivity index (χ4v) is 2.41. The van der Waals surface area contributed by atoms with E-state index in [1.807, 2.05) is 0 Å². The lowest BCUT2D eigenvalue weighted by Crippen LogP contribution is -1.98. The molecule has 90 valence electrons. The van der Waals surface area contributed by atoms with Crippen LogP contribution in [-0.2, 0) is 22.7 Å². The molecule has 0 amide bonds. The highest BCUT2D eigenvalue weighted by molar-refractivity contribution is 6.48. The second kappa shape index (κ2) is 6.29.